The van der Waals surface area contributed by atoms with Crippen LogP contribution >= 0.6 is 0 Å². The summed E-state index contributed by atoms with van der Waals surface area (Å²) in [6.07, 6.45) is 6.43. The van der Waals surface area contributed by atoms with E-state index in [2.05, 4.69) is 0 Å². The Balaban J connectivity index is 1.82. The van der Waals surface area contributed by atoms with Crippen LogP contribution in [0.25, 0.3) is 0 Å². The van der Waals surface area contributed by atoms with E-state index in [4.69, 9.17) is 14.2 Å². The Kier molecular flexibility index (Phi) is 7.91. The van der Waals surface area contributed by atoms with E-state index in [0.29, 0.717) is 29.9 Å². The highest BCUT2D eigenvalue weighted by atomic mass is 16.6. The molecule has 0 saturated carbocycles. The van der Waals surface area contributed by atoms with Crippen LogP contribution in [0.2, 0.25) is 0 Å². The van der Waals surface area contributed by atoms with Crippen LogP contribution in [0.15, 0.2) is 12.1 Å². The molecule has 26 heavy (non-hydrogen) atoms. The average molecular weight is 364 g/mol. The van der Waals surface area contributed by atoms with Gasteiger partial charge in [-0.15, -0.1) is 0 Å². The number of carbonyl (C=O) groups is 2. The fourth-order valence-corrected chi connectivity index (χ4v) is 3.30. The lowest BCUT2D eigenvalue weighted by atomic mass is 9.98. The van der Waals surface area contributed by atoms with Crippen molar-refractivity contribution in [1.29, 1.82) is 0 Å². The Labute approximate surface area is 154 Å². The minimum Gasteiger partial charge on any atom is -0.497 e. The number of aldehydes is 1. The topological polar surface area (TPSA) is 82.1 Å². The fourth-order valence-electron chi connectivity index (χ4n) is 3.30. The van der Waals surface area contributed by atoms with E-state index in [1.807, 2.05) is 6.07 Å². The third-order valence-electron chi connectivity index (χ3n) is 4.73. The molecule has 1 N–H and O–H groups in total. The molecule has 144 valence electrons. The Hall–Kier alpha value is -2.08. The van der Waals surface area contributed by atoms with Gasteiger partial charge in [0.2, 0.25) is 0 Å². The molecule has 0 aliphatic carbocycles. The number of hydrogen-bond donors (Lipinski definition) is 1. The Bertz CT molecular complexity index is 613. The van der Waals surface area contributed by atoms with Crippen molar-refractivity contribution in [3.63, 3.8) is 0 Å². The predicted octanol–water partition coefficient (Wildman–Crippen LogP) is 3.60. The van der Waals surface area contributed by atoms with Crippen LogP contribution in [-0.2, 0) is 9.53 Å². The fraction of sp³-hybridized carbons (Fsp3) is 0.600. The number of cyclic esters (lactones) is 1. The molecule has 0 saturated heterocycles. The normalized spacial score (nSPS) is 16.7. The summed E-state index contributed by atoms with van der Waals surface area (Å²) in [4.78, 5) is 22.4. The predicted molar refractivity (Wildman–Crippen MR) is 96.7 cm³/mol. The number of methoxy groups -OCH3 is 2. The first-order valence-electron chi connectivity index (χ1n) is 9.19. The number of rotatable bonds is 12. The minimum atomic E-state index is -0.352. The van der Waals surface area contributed by atoms with Crippen molar-refractivity contribution in [3.05, 3.63) is 23.3 Å². The molecule has 0 bridgehead atoms. The van der Waals surface area contributed by atoms with E-state index in [1.165, 1.54) is 7.11 Å². The van der Waals surface area contributed by atoms with Crippen molar-refractivity contribution in [1.82, 2.24) is 0 Å². The van der Waals surface area contributed by atoms with Gasteiger partial charge < -0.3 is 24.1 Å². The zero-order valence-corrected chi connectivity index (χ0v) is 15.5. The van der Waals surface area contributed by atoms with E-state index in [0.717, 1.165) is 50.4 Å². The molecular formula is C20H28O6. The molecular weight excluding hydrogens is 336 g/mol. The Morgan fingerprint density at radius 2 is 1.92 bits per heavy atom. The molecule has 1 heterocycles. The summed E-state index contributed by atoms with van der Waals surface area (Å²) in [6.45, 7) is 0. The summed E-state index contributed by atoms with van der Waals surface area (Å²) in [5, 5.41) is 9.85. The van der Waals surface area contributed by atoms with Crippen molar-refractivity contribution < 1.29 is 28.9 Å². The maximum Gasteiger partial charge on any atom is 0.342 e. The highest BCUT2D eigenvalue weighted by Gasteiger charge is 2.34. The molecule has 6 heteroatoms. The number of hydrogen-bond acceptors (Lipinski definition) is 6. The first-order valence-corrected chi connectivity index (χ1v) is 9.19. The van der Waals surface area contributed by atoms with Crippen LogP contribution in [0.4, 0.5) is 0 Å². The quantitative estimate of drug-likeness (QED) is 0.347. The number of aliphatic hydroxyl groups is 1. The van der Waals surface area contributed by atoms with E-state index < -0.39 is 0 Å². The van der Waals surface area contributed by atoms with Gasteiger partial charge in [0.15, 0.2) is 0 Å². The number of esters is 1. The largest absolute Gasteiger partial charge is 0.497 e. The third kappa shape index (κ3) is 5.21. The van der Waals surface area contributed by atoms with Gasteiger partial charge >= 0.3 is 5.97 Å². The molecule has 2 atom stereocenters. The molecule has 0 spiro atoms. The average Bonchev–Trinajstić information content (AvgIpc) is 2.96. The van der Waals surface area contributed by atoms with E-state index >= 15 is 0 Å². The number of fused-ring (bicyclic) bond motifs is 1. The zero-order chi connectivity index (χ0) is 18.9. The van der Waals surface area contributed by atoms with Crippen molar-refractivity contribution in [2.75, 3.05) is 14.2 Å². The van der Waals surface area contributed by atoms with Crippen molar-refractivity contribution in [2.45, 2.75) is 63.6 Å². The van der Waals surface area contributed by atoms with Crippen molar-refractivity contribution >= 4 is 12.3 Å². The van der Waals surface area contributed by atoms with E-state index in [-0.39, 0.29) is 18.2 Å². The minimum absolute atomic E-state index is 0.279. The van der Waals surface area contributed by atoms with E-state index in [1.54, 1.807) is 13.2 Å². The molecule has 0 amide bonds. The smallest absolute Gasteiger partial charge is 0.342 e. The van der Waals surface area contributed by atoms with E-state index in [9.17, 15) is 14.7 Å². The number of carbonyl (C=O) groups excluding carboxylic acids is 2. The highest BCUT2D eigenvalue weighted by Crippen LogP contribution is 2.41. The standard InChI is InChI=1S/C20H28O6/c1-24-15-12-16-17(26-20(23)19(16)18(13-15)25-2)10-5-3-4-8-14(22)9-6-7-11-21/h11-14,17,22H,3-10H2,1-2H3/t14-,17-/m1/s1. The van der Waals surface area contributed by atoms with Crippen LogP contribution in [0.3, 0.4) is 0 Å². The molecule has 1 aromatic carbocycles. The van der Waals surface area contributed by atoms with Gasteiger partial charge in [-0.3, -0.25) is 0 Å². The van der Waals surface area contributed by atoms with Gasteiger partial charge in [-0.2, -0.15) is 0 Å². The molecule has 1 aliphatic heterocycles. The second-order valence-electron chi connectivity index (χ2n) is 6.58. The monoisotopic (exact) mass is 364 g/mol. The van der Waals surface area contributed by atoms with Crippen molar-refractivity contribution in [2.24, 2.45) is 0 Å². The van der Waals surface area contributed by atoms with Crippen molar-refractivity contribution in [3.8, 4) is 11.5 Å². The SMILES string of the molecule is COc1cc(OC)c2c(c1)[C@@H](CCCCC[C@@H](O)CCCC=O)OC2=O. The molecule has 0 radical (unpaired) electrons. The summed E-state index contributed by atoms with van der Waals surface area (Å²) >= 11 is 0. The number of aliphatic hydroxyl groups excluding tert-OH is 1. The second kappa shape index (κ2) is 10.2. The van der Waals surface area contributed by atoms with Gasteiger partial charge in [-0.25, -0.2) is 4.79 Å². The zero-order valence-electron chi connectivity index (χ0n) is 15.5. The lowest BCUT2D eigenvalue weighted by Crippen LogP contribution is -2.06. The summed E-state index contributed by atoms with van der Waals surface area (Å²) in [5.41, 5.74) is 1.31. The molecule has 1 aliphatic rings. The number of ether oxygens (including phenoxy) is 3. The first-order chi connectivity index (χ1) is 12.6. The van der Waals surface area contributed by atoms with Gasteiger partial charge in [0.1, 0.15) is 29.5 Å². The number of benzene rings is 1. The van der Waals surface area contributed by atoms with Crippen LogP contribution in [0.5, 0.6) is 11.5 Å². The van der Waals surface area contributed by atoms with Crippen LogP contribution in [0, 0.1) is 0 Å². The maximum absolute atomic E-state index is 12.2. The Morgan fingerprint density at radius 3 is 2.62 bits per heavy atom. The Morgan fingerprint density at radius 1 is 1.15 bits per heavy atom. The summed E-state index contributed by atoms with van der Waals surface area (Å²) < 4.78 is 16.1. The van der Waals surface area contributed by atoms with Gasteiger partial charge in [0, 0.05) is 18.1 Å². The van der Waals surface area contributed by atoms with Gasteiger partial charge in [-0.05, 0) is 38.2 Å². The lowest BCUT2D eigenvalue weighted by molar-refractivity contribution is -0.108. The third-order valence-corrected chi connectivity index (χ3v) is 4.73. The second-order valence-corrected chi connectivity index (χ2v) is 6.58. The molecule has 1 aromatic rings. The van der Waals surface area contributed by atoms with Gasteiger partial charge in [0.25, 0.3) is 0 Å². The summed E-state index contributed by atoms with van der Waals surface area (Å²) in [6, 6.07) is 3.53. The van der Waals surface area contributed by atoms with Crippen LogP contribution < -0.4 is 9.47 Å². The maximum atomic E-state index is 12.2. The van der Waals surface area contributed by atoms with Crippen LogP contribution in [0.1, 0.15) is 73.4 Å². The molecule has 0 unspecified atom stereocenters. The van der Waals surface area contributed by atoms with Crippen LogP contribution in [-0.4, -0.2) is 37.7 Å². The first kappa shape index (κ1) is 20.2. The molecule has 2 rings (SSSR count). The molecule has 0 aromatic heterocycles. The molecule has 0 fully saturated rings. The lowest BCUT2D eigenvalue weighted by Gasteiger charge is -2.13. The number of unbranched alkanes of at least 4 members (excludes halogenated alkanes) is 3. The van der Waals surface area contributed by atoms with Gasteiger partial charge in [-0.1, -0.05) is 12.8 Å². The summed E-state index contributed by atoms with van der Waals surface area (Å²) in [5.74, 6) is 0.766. The summed E-state index contributed by atoms with van der Waals surface area (Å²) in [7, 11) is 3.10. The molecule has 6 nitrogen and oxygen atoms in total. The highest BCUT2D eigenvalue weighted by molar-refractivity contribution is 5.97. The van der Waals surface area contributed by atoms with Gasteiger partial charge in [0.05, 0.1) is 20.3 Å².